The van der Waals surface area contributed by atoms with E-state index in [1.165, 1.54) is 18.4 Å². The molecule has 0 aliphatic heterocycles. The lowest BCUT2D eigenvalue weighted by Gasteiger charge is -2.39. The summed E-state index contributed by atoms with van der Waals surface area (Å²) < 4.78 is 0. The summed E-state index contributed by atoms with van der Waals surface area (Å²) in [5.74, 6) is 3.93. The molecule has 1 fully saturated rings. The number of hydrogen-bond donors (Lipinski definition) is 1. The second-order valence-corrected chi connectivity index (χ2v) is 9.33. The van der Waals surface area contributed by atoms with Crippen LogP contribution in [0.25, 0.3) is 16.2 Å². The largest absolute Gasteiger partial charge is 0.310 e. The van der Waals surface area contributed by atoms with Crippen molar-refractivity contribution in [2.75, 3.05) is 13.2 Å². The lowest BCUT2D eigenvalue weighted by atomic mass is 9.66. The van der Waals surface area contributed by atoms with Gasteiger partial charge in [0, 0.05) is 5.56 Å². The number of H-pyrrole nitrogens is 1. The van der Waals surface area contributed by atoms with Gasteiger partial charge in [0.05, 0.1) is 12.5 Å². The van der Waals surface area contributed by atoms with Crippen molar-refractivity contribution in [3.63, 3.8) is 0 Å². The number of aromatic nitrogens is 3. The molecule has 3 rings (SSSR count). The van der Waals surface area contributed by atoms with Crippen molar-refractivity contribution in [3.8, 4) is 11.4 Å². The Morgan fingerprint density at radius 1 is 1.13 bits per heavy atom. The number of nitrogens with zero attached hydrogens (tertiary/aromatic N) is 3. The molecule has 31 heavy (non-hydrogen) atoms. The van der Waals surface area contributed by atoms with Gasteiger partial charge in [-0.25, -0.2) is 21.3 Å². The van der Waals surface area contributed by atoms with Crippen LogP contribution in [-0.4, -0.2) is 34.4 Å². The molecule has 4 atom stereocenters. The van der Waals surface area contributed by atoms with Crippen molar-refractivity contribution in [2.24, 2.45) is 23.7 Å². The molecule has 1 saturated carbocycles. The minimum atomic E-state index is -0.371. The third-order valence-corrected chi connectivity index (χ3v) is 6.77. The van der Waals surface area contributed by atoms with E-state index in [-0.39, 0.29) is 18.6 Å². The van der Waals surface area contributed by atoms with Gasteiger partial charge in [-0.2, -0.15) is 5.10 Å². The van der Waals surface area contributed by atoms with Gasteiger partial charge in [0.1, 0.15) is 5.82 Å². The molecule has 0 spiro atoms. The van der Waals surface area contributed by atoms with Gasteiger partial charge in [-0.3, -0.25) is 5.10 Å². The smallest absolute Gasteiger partial charge is 0.259 e. The van der Waals surface area contributed by atoms with E-state index >= 15 is 0 Å². The first-order chi connectivity index (χ1) is 14.9. The Bertz CT molecular complexity index is 845. The minimum Gasteiger partial charge on any atom is -0.310 e. The second-order valence-electron chi connectivity index (χ2n) is 9.33. The van der Waals surface area contributed by atoms with Crippen LogP contribution in [0.15, 0.2) is 24.3 Å². The highest BCUT2D eigenvalue weighted by Gasteiger charge is 2.39. The summed E-state index contributed by atoms with van der Waals surface area (Å²) in [5.41, 5.74) is 2.18. The van der Waals surface area contributed by atoms with E-state index in [0.717, 1.165) is 23.7 Å². The van der Waals surface area contributed by atoms with E-state index in [0.29, 0.717) is 30.2 Å². The van der Waals surface area contributed by atoms with Crippen LogP contribution in [0.5, 0.6) is 0 Å². The Labute approximate surface area is 186 Å². The molecule has 1 heterocycles. The SMILES string of the molecule is [C-]#[N+]C(COOCC)C(CC1C(C)CC(C)CC1C)c1nc(-c2ccc(C)cc2)n[nH]1. The summed E-state index contributed by atoms with van der Waals surface area (Å²) in [4.78, 5) is 19.2. The zero-order chi connectivity index (χ0) is 22.4. The quantitative estimate of drug-likeness (QED) is 0.238. The number of hydrogen-bond acceptors (Lipinski definition) is 4. The maximum Gasteiger partial charge on any atom is 0.259 e. The van der Waals surface area contributed by atoms with E-state index in [4.69, 9.17) is 21.3 Å². The molecule has 6 nitrogen and oxygen atoms in total. The summed E-state index contributed by atoms with van der Waals surface area (Å²) in [7, 11) is 0. The third-order valence-electron chi connectivity index (χ3n) is 6.77. The molecule has 1 aromatic carbocycles. The summed E-state index contributed by atoms with van der Waals surface area (Å²) in [6.45, 7) is 19.5. The van der Waals surface area contributed by atoms with Crippen LogP contribution in [-0.2, 0) is 9.78 Å². The first-order valence-electron chi connectivity index (χ1n) is 11.5. The first-order valence-corrected chi connectivity index (χ1v) is 11.5. The van der Waals surface area contributed by atoms with Crippen LogP contribution in [0, 0.1) is 37.2 Å². The molecule has 1 aromatic heterocycles. The van der Waals surface area contributed by atoms with Crippen molar-refractivity contribution in [1.29, 1.82) is 0 Å². The molecule has 168 valence electrons. The average molecular weight is 425 g/mol. The maximum absolute atomic E-state index is 7.85. The molecule has 0 saturated heterocycles. The van der Waals surface area contributed by atoms with Crippen molar-refractivity contribution in [3.05, 3.63) is 47.1 Å². The Morgan fingerprint density at radius 3 is 2.42 bits per heavy atom. The first kappa shape index (κ1) is 23.4. The van der Waals surface area contributed by atoms with Gasteiger partial charge in [-0.15, -0.1) is 0 Å². The maximum atomic E-state index is 7.85. The molecule has 0 radical (unpaired) electrons. The van der Waals surface area contributed by atoms with Gasteiger partial charge in [0.2, 0.25) is 0 Å². The van der Waals surface area contributed by atoms with E-state index in [1.807, 2.05) is 19.1 Å². The van der Waals surface area contributed by atoms with Gasteiger partial charge in [0.25, 0.3) is 6.04 Å². The molecule has 2 aromatic rings. The van der Waals surface area contributed by atoms with Gasteiger partial charge < -0.3 is 4.85 Å². The van der Waals surface area contributed by atoms with Crippen molar-refractivity contribution in [2.45, 2.75) is 65.8 Å². The Balaban J connectivity index is 1.86. The molecule has 1 aliphatic rings. The summed E-state index contributed by atoms with van der Waals surface area (Å²) in [6, 6.07) is 7.83. The molecule has 1 aliphatic carbocycles. The van der Waals surface area contributed by atoms with Crippen LogP contribution in [0.1, 0.15) is 64.3 Å². The molecule has 1 N–H and O–H groups in total. The molecule has 0 amide bonds. The predicted octanol–water partition coefficient (Wildman–Crippen LogP) is 5.83. The Kier molecular flexibility index (Phi) is 8.22. The summed E-state index contributed by atoms with van der Waals surface area (Å²) >= 11 is 0. The highest BCUT2D eigenvalue weighted by atomic mass is 17.2. The normalized spacial score (nSPS) is 25.7. The lowest BCUT2D eigenvalue weighted by Crippen LogP contribution is -2.33. The van der Waals surface area contributed by atoms with Crippen LogP contribution in [0.3, 0.4) is 0 Å². The number of nitrogens with one attached hydrogen (secondary N) is 1. The fourth-order valence-corrected chi connectivity index (χ4v) is 5.20. The van der Waals surface area contributed by atoms with Gasteiger partial charge in [-0.1, -0.05) is 50.6 Å². The third kappa shape index (κ3) is 5.93. The van der Waals surface area contributed by atoms with E-state index < -0.39 is 0 Å². The summed E-state index contributed by atoms with van der Waals surface area (Å²) in [6.07, 6.45) is 3.38. The minimum absolute atomic E-state index is 0.0760. The Hall–Kier alpha value is -2.23. The van der Waals surface area contributed by atoms with Crippen LogP contribution < -0.4 is 0 Å². The monoisotopic (exact) mass is 424 g/mol. The summed E-state index contributed by atoms with van der Waals surface area (Å²) in [5, 5.41) is 7.63. The fourth-order valence-electron chi connectivity index (χ4n) is 5.20. The number of rotatable bonds is 9. The lowest BCUT2D eigenvalue weighted by molar-refractivity contribution is -0.292. The molecule has 6 heteroatoms. The van der Waals surface area contributed by atoms with E-state index in [1.54, 1.807) is 0 Å². The van der Waals surface area contributed by atoms with E-state index in [9.17, 15) is 0 Å². The molecular formula is C25H36N4O2. The van der Waals surface area contributed by atoms with Crippen molar-refractivity contribution < 1.29 is 9.78 Å². The Morgan fingerprint density at radius 2 is 1.81 bits per heavy atom. The average Bonchev–Trinajstić information content (AvgIpc) is 3.22. The van der Waals surface area contributed by atoms with E-state index in [2.05, 4.69) is 54.9 Å². The highest BCUT2D eigenvalue weighted by Crippen LogP contribution is 2.43. The zero-order valence-electron chi connectivity index (χ0n) is 19.5. The zero-order valence-corrected chi connectivity index (χ0v) is 19.5. The van der Waals surface area contributed by atoms with Crippen molar-refractivity contribution in [1.82, 2.24) is 15.2 Å². The number of aromatic amines is 1. The molecule has 0 bridgehead atoms. The van der Waals surface area contributed by atoms with Crippen molar-refractivity contribution >= 4 is 0 Å². The number of benzene rings is 1. The highest BCUT2D eigenvalue weighted by molar-refractivity contribution is 5.54. The topological polar surface area (TPSA) is 64.4 Å². The van der Waals surface area contributed by atoms with Gasteiger partial charge >= 0.3 is 0 Å². The van der Waals surface area contributed by atoms with Gasteiger partial charge in [0.15, 0.2) is 12.4 Å². The fraction of sp³-hybridized carbons (Fsp3) is 0.640. The van der Waals surface area contributed by atoms with Crippen LogP contribution >= 0.6 is 0 Å². The number of aryl methyl sites for hydroxylation is 1. The second kappa shape index (κ2) is 10.9. The van der Waals surface area contributed by atoms with Crippen LogP contribution in [0.2, 0.25) is 0 Å². The predicted molar refractivity (Wildman–Crippen MR) is 122 cm³/mol. The molecular weight excluding hydrogens is 388 g/mol. The molecule has 4 unspecified atom stereocenters. The van der Waals surface area contributed by atoms with Gasteiger partial charge in [-0.05, 0) is 56.8 Å². The standard InChI is InChI=1S/C25H36N4O2/c1-7-30-31-15-23(26-6)22(14-21-18(4)12-17(3)13-19(21)5)25-27-24(28-29-25)20-10-8-16(2)9-11-20/h8-11,17-19,21-23H,7,12-15H2,1-5H3,(H,27,28,29). The van der Waals surface area contributed by atoms with Crippen LogP contribution in [0.4, 0.5) is 0 Å².